The Labute approximate surface area is 205 Å². The van der Waals surface area contributed by atoms with E-state index in [0.29, 0.717) is 41.1 Å². The fourth-order valence-electron chi connectivity index (χ4n) is 4.44. The van der Waals surface area contributed by atoms with Crippen LogP contribution < -0.4 is 19.8 Å². The van der Waals surface area contributed by atoms with Crippen LogP contribution in [0.5, 0.6) is 17.4 Å². The van der Waals surface area contributed by atoms with Crippen molar-refractivity contribution < 1.29 is 19.0 Å². The van der Waals surface area contributed by atoms with Crippen molar-refractivity contribution >= 4 is 11.4 Å². The molecule has 2 heterocycles. The molecule has 0 saturated heterocycles. The first-order valence-electron chi connectivity index (χ1n) is 12.5. The summed E-state index contributed by atoms with van der Waals surface area (Å²) in [4.78, 5) is 13.1. The lowest BCUT2D eigenvalue weighted by Crippen LogP contribution is -2.26. The van der Waals surface area contributed by atoms with Crippen molar-refractivity contribution in [1.29, 1.82) is 5.41 Å². The van der Waals surface area contributed by atoms with Crippen LogP contribution in [0.2, 0.25) is 0 Å². The number of benzene rings is 1. The molecule has 2 aromatic heterocycles. The molecule has 1 aromatic carbocycles. The zero-order valence-corrected chi connectivity index (χ0v) is 20.8. The largest absolute Gasteiger partial charge is 0.497 e. The standard InChI is InChI=1S/C26H35N5O4/c1-4-20(5-2)35-25-12-11-24-28-30(26(27)31(24)29-25)16-23(32)19-13-21(33-3)15-22(14-19)34-17-18-9-7-6-8-10-18/h11-15,18,20,27H,4-10,16-17H2,1-3H3. The number of nitrogens with one attached hydrogen (secondary N) is 1. The van der Waals surface area contributed by atoms with E-state index >= 15 is 0 Å². The van der Waals surface area contributed by atoms with E-state index in [1.807, 2.05) is 0 Å². The number of ketones is 1. The van der Waals surface area contributed by atoms with Crippen molar-refractivity contribution in [3.05, 3.63) is 41.5 Å². The molecule has 1 N–H and O–H groups in total. The molecule has 0 bridgehead atoms. The van der Waals surface area contributed by atoms with E-state index in [4.69, 9.17) is 19.6 Å². The van der Waals surface area contributed by atoms with Gasteiger partial charge in [-0.3, -0.25) is 10.2 Å². The van der Waals surface area contributed by atoms with Crippen molar-refractivity contribution in [1.82, 2.24) is 19.4 Å². The van der Waals surface area contributed by atoms with Crippen molar-refractivity contribution in [2.75, 3.05) is 13.7 Å². The van der Waals surface area contributed by atoms with Crippen molar-refractivity contribution in [2.24, 2.45) is 5.92 Å². The van der Waals surface area contributed by atoms with Crippen LogP contribution in [-0.2, 0) is 6.54 Å². The molecule has 1 aliphatic carbocycles. The predicted octanol–water partition coefficient (Wildman–Crippen LogP) is 4.43. The SMILES string of the molecule is CCC(CC)Oc1ccc2nn(CC(=O)c3cc(OC)cc(OCC4CCCCC4)c3)c(=N)n2n1. The minimum Gasteiger partial charge on any atom is -0.497 e. The number of aromatic nitrogens is 4. The third-order valence-electron chi connectivity index (χ3n) is 6.60. The highest BCUT2D eigenvalue weighted by molar-refractivity contribution is 5.96. The number of nitrogens with zero attached hydrogens (tertiary/aromatic N) is 4. The van der Waals surface area contributed by atoms with Gasteiger partial charge in [0, 0.05) is 17.7 Å². The summed E-state index contributed by atoms with van der Waals surface area (Å²) in [5, 5.41) is 17.3. The monoisotopic (exact) mass is 481 g/mol. The lowest BCUT2D eigenvalue weighted by molar-refractivity contribution is 0.0964. The molecular formula is C26H35N5O4. The van der Waals surface area contributed by atoms with E-state index in [1.165, 1.54) is 41.3 Å². The molecular weight excluding hydrogens is 446 g/mol. The van der Waals surface area contributed by atoms with Gasteiger partial charge in [-0.1, -0.05) is 33.1 Å². The van der Waals surface area contributed by atoms with Gasteiger partial charge in [0.05, 0.1) is 19.8 Å². The Bertz CT molecular complexity index is 1210. The second kappa shape index (κ2) is 11.4. The van der Waals surface area contributed by atoms with Gasteiger partial charge >= 0.3 is 0 Å². The number of rotatable bonds is 11. The first-order valence-corrected chi connectivity index (χ1v) is 12.5. The van der Waals surface area contributed by atoms with E-state index in [-0.39, 0.29) is 24.1 Å². The molecule has 9 nitrogen and oxygen atoms in total. The lowest BCUT2D eigenvalue weighted by atomic mass is 9.90. The molecule has 0 radical (unpaired) electrons. The van der Waals surface area contributed by atoms with Crippen LogP contribution in [0.4, 0.5) is 0 Å². The molecule has 188 valence electrons. The second-order valence-corrected chi connectivity index (χ2v) is 9.11. The summed E-state index contributed by atoms with van der Waals surface area (Å²) < 4.78 is 20.1. The molecule has 1 saturated carbocycles. The first-order chi connectivity index (χ1) is 17.0. The average Bonchev–Trinajstić information content (AvgIpc) is 3.20. The second-order valence-electron chi connectivity index (χ2n) is 9.11. The van der Waals surface area contributed by atoms with E-state index in [1.54, 1.807) is 37.4 Å². The zero-order valence-electron chi connectivity index (χ0n) is 20.8. The van der Waals surface area contributed by atoms with Crippen LogP contribution in [0.1, 0.15) is 69.2 Å². The fraction of sp³-hybridized carbons (Fsp3) is 0.538. The van der Waals surface area contributed by atoms with Gasteiger partial charge in [-0.2, -0.15) is 4.52 Å². The predicted molar refractivity (Wildman–Crippen MR) is 131 cm³/mol. The highest BCUT2D eigenvalue weighted by Crippen LogP contribution is 2.27. The third kappa shape index (κ3) is 6.01. The molecule has 1 aliphatic rings. The van der Waals surface area contributed by atoms with Gasteiger partial charge in [-0.05, 0) is 49.8 Å². The van der Waals surface area contributed by atoms with Crippen LogP contribution >= 0.6 is 0 Å². The van der Waals surface area contributed by atoms with Crippen molar-refractivity contribution in [3.63, 3.8) is 0 Å². The number of hydrogen-bond donors (Lipinski definition) is 1. The molecule has 0 aliphatic heterocycles. The Kier molecular flexibility index (Phi) is 8.05. The Morgan fingerprint density at radius 2 is 1.83 bits per heavy atom. The molecule has 1 fully saturated rings. The molecule has 35 heavy (non-hydrogen) atoms. The van der Waals surface area contributed by atoms with Crippen LogP contribution in [-0.4, -0.2) is 45.0 Å². The summed E-state index contributed by atoms with van der Waals surface area (Å²) in [6.45, 7) is 4.67. The highest BCUT2D eigenvalue weighted by Gasteiger charge is 2.17. The van der Waals surface area contributed by atoms with Crippen LogP contribution in [0.3, 0.4) is 0 Å². The van der Waals surface area contributed by atoms with Gasteiger partial charge in [0.1, 0.15) is 18.0 Å². The number of carbonyl (C=O) groups is 1. The normalized spacial score (nSPS) is 14.4. The number of carbonyl (C=O) groups excluding carboxylic acids is 1. The molecule has 3 aromatic rings. The topological polar surface area (TPSA) is 104 Å². The number of ether oxygens (including phenoxy) is 3. The van der Waals surface area contributed by atoms with Crippen molar-refractivity contribution in [3.8, 4) is 17.4 Å². The van der Waals surface area contributed by atoms with Gasteiger partial charge in [0.15, 0.2) is 11.4 Å². The first kappa shape index (κ1) is 24.8. The summed E-state index contributed by atoms with van der Waals surface area (Å²) >= 11 is 0. The Balaban J connectivity index is 1.50. The molecule has 9 heteroatoms. The quantitative estimate of drug-likeness (QED) is 0.407. The number of methoxy groups -OCH3 is 1. The van der Waals surface area contributed by atoms with E-state index in [0.717, 1.165) is 12.8 Å². The van der Waals surface area contributed by atoms with Gasteiger partial charge < -0.3 is 14.2 Å². The zero-order chi connectivity index (χ0) is 24.8. The summed E-state index contributed by atoms with van der Waals surface area (Å²) in [6, 6.07) is 8.72. The van der Waals surface area contributed by atoms with E-state index in [9.17, 15) is 4.79 Å². The molecule has 0 unspecified atom stereocenters. The molecule has 4 rings (SSSR count). The van der Waals surface area contributed by atoms with E-state index in [2.05, 4.69) is 24.0 Å². The maximum Gasteiger partial charge on any atom is 0.242 e. The van der Waals surface area contributed by atoms with Crippen LogP contribution in [0.25, 0.3) is 5.65 Å². The molecule has 0 atom stereocenters. The Morgan fingerprint density at radius 3 is 2.54 bits per heavy atom. The summed E-state index contributed by atoms with van der Waals surface area (Å²) in [7, 11) is 1.57. The van der Waals surface area contributed by atoms with E-state index < -0.39 is 0 Å². The minimum atomic E-state index is -0.193. The summed E-state index contributed by atoms with van der Waals surface area (Å²) in [5.74, 6) is 1.98. The number of hydrogen-bond acceptors (Lipinski definition) is 7. The van der Waals surface area contributed by atoms with Crippen LogP contribution in [0.15, 0.2) is 30.3 Å². The summed E-state index contributed by atoms with van der Waals surface area (Å²) in [5.41, 5.74) is 0.930. The average molecular weight is 482 g/mol. The van der Waals surface area contributed by atoms with Crippen LogP contribution in [0, 0.1) is 11.3 Å². The fourth-order valence-corrected chi connectivity index (χ4v) is 4.44. The van der Waals surface area contributed by atoms with Gasteiger partial charge in [0.25, 0.3) is 0 Å². The summed E-state index contributed by atoms with van der Waals surface area (Å²) in [6.07, 6.45) is 7.98. The lowest BCUT2D eigenvalue weighted by Gasteiger charge is -2.22. The molecule has 0 spiro atoms. The maximum absolute atomic E-state index is 13.1. The van der Waals surface area contributed by atoms with Gasteiger partial charge in [-0.15, -0.1) is 10.2 Å². The van der Waals surface area contributed by atoms with Gasteiger partial charge in [-0.25, -0.2) is 4.68 Å². The maximum atomic E-state index is 13.1. The Hall–Kier alpha value is -3.36. The minimum absolute atomic E-state index is 0.0000139. The number of Topliss-reactive ketones (excluding diaryl/α,β-unsaturated/α-hetero) is 1. The number of fused-ring (bicyclic) bond motifs is 1. The third-order valence-corrected chi connectivity index (χ3v) is 6.60. The highest BCUT2D eigenvalue weighted by atomic mass is 16.5. The molecule has 0 amide bonds. The van der Waals surface area contributed by atoms with Crippen molar-refractivity contribution in [2.45, 2.75) is 71.4 Å². The Morgan fingerprint density at radius 1 is 1.09 bits per heavy atom. The van der Waals surface area contributed by atoms with Gasteiger partial charge in [0.2, 0.25) is 11.5 Å². The smallest absolute Gasteiger partial charge is 0.242 e.